The number of nitrogens with zero attached hydrogens (tertiary/aromatic N) is 1. The molecule has 1 amide bonds. The molecule has 0 spiro atoms. The molecule has 2 atom stereocenters. The minimum atomic E-state index is -0.699. The standard InChI is InChI=1S/C14H22N2O2/c1-13(2)10-3-4-14(13,11(17)9-10)12(18)16-7-5-15-6-8-16/h10,15H,3-9H2,1-2H3/t10-,14-/m0/s1. The average molecular weight is 250 g/mol. The maximum Gasteiger partial charge on any atom is 0.236 e. The van der Waals surface area contributed by atoms with Crippen LogP contribution in [0, 0.1) is 16.7 Å². The van der Waals surface area contributed by atoms with Crippen molar-refractivity contribution in [1.29, 1.82) is 0 Å². The van der Waals surface area contributed by atoms with E-state index in [1.807, 2.05) is 4.90 Å². The molecule has 2 saturated carbocycles. The third-order valence-corrected chi connectivity index (χ3v) is 5.67. The van der Waals surface area contributed by atoms with Gasteiger partial charge in [0.15, 0.2) is 0 Å². The molecule has 2 bridgehead atoms. The van der Waals surface area contributed by atoms with Gasteiger partial charge in [0.1, 0.15) is 11.2 Å². The highest BCUT2D eigenvalue weighted by molar-refractivity contribution is 6.09. The maximum absolute atomic E-state index is 12.9. The van der Waals surface area contributed by atoms with Crippen LogP contribution in [0.4, 0.5) is 0 Å². The summed E-state index contributed by atoms with van der Waals surface area (Å²) in [6, 6.07) is 0. The highest BCUT2D eigenvalue weighted by Gasteiger charge is 2.68. The number of hydrogen-bond acceptors (Lipinski definition) is 3. The lowest BCUT2D eigenvalue weighted by Gasteiger charge is -2.40. The molecule has 0 radical (unpaired) electrons. The van der Waals surface area contributed by atoms with E-state index in [2.05, 4.69) is 19.2 Å². The quantitative estimate of drug-likeness (QED) is 0.701. The van der Waals surface area contributed by atoms with Gasteiger partial charge in [0.2, 0.25) is 5.91 Å². The van der Waals surface area contributed by atoms with Crippen LogP contribution in [0.3, 0.4) is 0 Å². The number of Topliss-reactive ketones (excluding diaryl/α,β-unsaturated/α-hetero) is 1. The fraction of sp³-hybridized carbons (Fsp3) is 0.857. The lowest BCUT2D eigenvalue weighted by molar-refractivity contribution is -0.153. The fourth-order valence-electron chi connectivity index (χ4n) is 4.32. The van der Waals surface area contributed by atoms with Crippen molar-refractivity contribution in [2.24, 2.45) is 16.7 Å². The molecular weight excluding hydrogens is 228 g/mol. The van der Waals surface area contributed by atoms with E-state index < -0.39 is 5.41 Å². The summed E-state index contributed by atoms with van der Waals surface area (Å²) >= 11 is 0. The number of amides is 1. The summed E-state index contributed by atoms with van der Waals surface area (Å²) in [5.74, 6) is 0.725. The predicted octanol–water partition coefficient (Wildman–Crippen LogP) is 0.814. The van der Waals surface area contributed by atoms with Crippen LogP contribution in [0.5, 0.6) is 0 Å². The SMILES string of the molecule is CC1(C)[C@H]2CC[C@@]1(C(=O)N1CCNCC1)C(=O)C2. The summed E-state index contributed by atoms with van der Waals surface area (Å²) in [4.78, 5) is 27.2. The number of carbonyl (C=O) groups excluding carboxylic acids is 2. The first-order chi connectivity index (χ1) is 8.50. The average Bonchev–Trinajstić information content (AvgIpc) is 2.73. The maximum atomic E-state index is 12.9. The van der Waals surface area contributed by atoms with E-state index in [1.165, 1.54) is 0 Å². The minimum Gasteiger partial charge on any atom is -0.339 e. The van der Waals surface area contributed by atoms with E-state index in [-0.39, 0.29) is 17.1 Å². The fourth-order valence-corrected chi connectivity index (χ4v) is 4.32. The van der Waals surface area contributed by atoms with Crippen molar-refractivity contribution in [2.75, 3.05) is 26.2 Å². The van der Waals surface area contributed by atoms with Crippen LogP contribution in [0.15, 0.2) is 0 Å². The Morgan fingerprint density at radius 2 is 2.00 bits per heavy atom. The molecule has 4 heteroatoms. The molecule has 3 aliphatic rings. The lowest BCUT2D eigenvalue weighted by Crippen LogP contribution is -2.56. The van der Waals surface area contributed by atoms with E-state index in [0.29, 0.717) is 12.3 Å². The van der Waals surface area contributed by atoms with E-state index >= 15 is 0 Å². The van der Waals surface area contributed by atoms with Gasteiger partial charge < -0.3 is 10.2 Å². The second-order valence-electron chi connectivity index (χ2n) is 6.53. The second kappa shape index (κ2) is 3.80. The molecule has 1 heterocycles. The Balaban J connectivity index is 1.93. The summed E-state index contributed by atoms with van der Waals surface area (Å²) in [5, 5.41) is 3.25. The molecule has 2 aliphatic carbocycles. The summed E-state index contributed by atoms with van der Waals surface area (Å²) < 4.78 is 0. The number of piperazine rings is 1. The van der Waals surface area contributed by atoms with Gasteiger partial charge >= 0.3 is 0 Å². The molecule has 1 N–H and O–H groups in total. The number of ketones is 1. The Kier molecular flexibility index (Phi) is 2.56. The molecule has 0 unspecified atom stereocenters. The summed E-state index contributed by atoms with van der Waals surface area (Å²) in [5.41, 5.74) is -0.846. The van der Waals surface area contributed by atoms with E-state index in [4.69, 9.17) is 0 Å². The number of hydrogen-bond donors (Lipinski definition) is 1. The first kappa shape index (κ1) is 12.2. The number of nitrogens with one attached hydrogen (secondary N) is 1. The molecule has 0 aromatic heterocycles. The molecule has 1 aliphatic heterocycles. The van der Waals surface area contributed by atoms with Crippen molar-refractivity contribution in [2.45, 2.75) is 33.1 Å². The summed E-state index contributed by atoms with van der Waals surface area (Å²) in [7, 11) is 0. The van der Waals surface area contributed by atoms with Gasteiger partial charge in [-0.25, -0.2) is 0 Å². The Morgan fingerprint density at radius 1 is 1.33 bits per heavy atom. The molecule has 4 nitrogen and oxygen atoms in total. The first-order valence-electron chi connectivity index (χ1n) is 7.03. The van der Waals surface area contributed by atoms with Crippen LogP contribution in [-0.4, -0.2) is 42.8 Å². The van der Waals surface area contributed by atoms with Crippen LogP contribution >= 0.6 is 0 Å². The highest BCUT2D eigenvalue weighted by Crippen LogP contribution is 2.64. The normalized spacial score (nSPS) is 38.2. The Labute approximate surface area is 108 Å². The smallest absolute Gasteiger partial charge is 0.236 e. The minimum absolute atomic E-state index is 0.110. The predicted molar refractivity (Wildman–Crippen MR) is 68.0 cm³/mol. The van der Waals surface area contributed by atoms with Crippen LogP contribution in [0.25, 0.3) is 0 Å². The molecular formula is C14H22N2O2. The van der Waals surface area contributed by atoms with Gasteiger partial charge in [0, 0.05) is 32.6 Å². The van der Waals surface area contributed by atoms with Crippen LogP contribution in [-0.2, 0) is 9.59 Å². The Bertz CT molecular complexity index is 399. The highest BCUT2D eigenvalue weighted by atomic mass is 16.2. The van der Waals surface area contributed by atoms with Crippen molar-refractivity contribution in [3.8, 4) is 0 Å². The first-order valence-corrected chi connectivity index (χ1v) is 7.03. The monoisotopic (exact) mass is 250 g/mol. The van der Waals surface area contributed by atoms with Crippen molar-refractivity contribution >= 4 is 11.7 Å². The Morgan fingerprint density at radius 3 is 2.50 bits per heavy atom. The van der Waals surface area contributed by atoms with Gasteiger partial charge in [0.25, 0.3) is 0 Å². The molecule has 3 fully saturated rings. The molecule has 18 heavy (non-hydrogen) atoms. The van der Waals surface area contributed by atoms with E-state index in [0.717, 1.165) is 39.0 Å². The Hall–Kier alpha value is -0.900. The van der Waals surface area contributed by atoms with Crippen molar-refractivity contribution in [3.63, 3.8) is 0 Å². The summed E-state index contributed by atoms with van der Waals surface area (Å²) in [6.45, 7) is 7.42. The zero-order chi connectivity index (χ0) is 13.0. The largest absolute Gasteiger partial charge is 0.339 e. The van der Waals surface area contributed by atoms with Crippen molar-refractivity contribution < 1.29 is 9.59 Å². The molecule has 0 aromatic carbocycles. The third-order valence-electron chi connectivity index (χ3n) is 5.67. The van der Waals surface area contributed by atoms with Gasteiger partial charge in [0.05, 0.1) is 0 Å². The van der Waals surface area contributed by atoms with Gasteiger partial charge in [-0.1, -0.05) is 13.8 Å². The molecule has 1 saturated heterocycles. The number of carbonyl (C=O) groups is 2. The summed E-state index contributed by atoms with van der Waals surface area (Å²) in [6.07, 6.45) is 2.42. The van der Waals surface area contributed by atoms with Crippen LogP contribution in [0.1, 0.15) is 33.1 Å². The lowest BCUT2D eigenvalue weighted by atomic mass is 9.68. The molecule has 0 aromatic rings. The van der Waals surface area contributed by atoms with Gasteiger partial charge in [-0.2, -0.15) is 0 Å². The third kappa shape index (κ3) is 1.30. The molecule has 100 valence electrons. The van der Waals surface area contributed by atoms with Gasteiger partial charge in [-0.15, -0.1) is 0 Å². The van der Waals surface area contributed by atoms with Crippen molar-refractivity contribution in [3.05, 3.63) is 0 Å². The molecule has 3 rings (SSSR count). The zero-order valence-corrected chi connectivity index (χ0v) is 11.3. The van der Waals surface area contributed by atoms with E-state index in [9.17, 15) is 9.59 Å². The number of fused-ring (bicyclic) bond motifs is 2. The van der Waals surface area contributed by atoms with Gasteiger partial charge in [-0.3, -0.25) is 9.59 Å². The van der Waals surface area contributed by atoms with E-state index in [1.54, 1.807) is 0 Å². The van der Waals surface area contributed by atoms with Crippen LogP contribution < -0.4 is 5.32 Å². The number of rotatable bonds is 1. The van der Waals surface area contributed by atoms with Gasteiger partial charge in [-0.05, 0) is 24.2 Å². The topological polar surface area (TPSA) is 49.4 Å². The van der Waals surface area contributed by atoms with Crippen LogP contribution in [0.2, 0.25) is 0 Å². The van der Waals surface area contributed by atoms with Crippen molar-refractivity contribution in [1.82, 2.24) is 10.2 Å². The zero-order valence-electron chi connectivity index (χ0n) is 11.3. The second-order valence-corrected chi connectivity index (χ2v) is 6.53.